The van der Waals surface area contributed by atoms with Gasteiger partial charge in [0.25, 0.3) is 0 Å². The van der Waals surface area contributed by atoms with Crippen molar-refractivity contribution in [1.82, 2.24) is 0 Å². The van der Waals surface area contributed by atoms with Crippen LogP contribution in [-0.4, -0.2) is 11.6 Å². The van der Waals surface area contributed by atoms with Gasteiger partial charge < -0.3 is 0 Å². The Bertz CT molecular complexity index is 174. The van der Waals surface area contributed by atoms with Gasteiger partial charge in [-0.15, -0.1) is 0 Å². The minimum Gasteiger partial charge on any atom is -0.300 e. The zero-order chi connectivity index (χ0) is 11.1. The van der Waals surface area contributed by atoms with E-state index in [-0.39, 0.29) is 23.4 Å². The molecule has 1 aliphatic carbocycles. The van der Waals surface area contributed by atoms with Crippen LogP contribution in [0.3, 0.4) is 0 Å². The second-order valence-electron chi connectivity index (χ2n) is 3.72. The highest BCUT2D eigenvalue weighted by atomic mass is 16.1. The molecular formula is C12H22O2. The van der Waals surface area contributed by atoms with Gasteiger partial charge in [0.1, 0.15) is 11.6 Å². The Balaban J connectivity index is 0.000000791. The quantitative estimate of drug-likeness (QED) is 0.683. The molecule has 0 spiro atoms. The predicted octanol–water partition coefficient (Wildman–Crippen LogP) is 3.00. The molecule has 0 radical (unpaired) electrons. The van der Waals surface area contributed by atoms with Crippen molar-refractivity contribution < 1.29 is 9.59 Å². The number of hydrogen-bond acceptors (Lipinski definition) is 2. The highest BCUT2D eigenvalue weighted by molar-refractivity contribution is 5.87. The molecule has 2 nitrogen and oxygen atoms in total. The van der Waals surface area contributed by atoms with Crippen LogP contribution >= 0.6 is 0 Å². The first-order valence-corrected chi connectivity index (χ1v) is 5.64. The summed E-state index contributed by atoms with van der Waals surface area (Å²) in [6, 6.07) is 0. The van der Waals surface area contributed by atoms with Gasteiger partial charge in [-0.05, 0) is 26.7 Å². The Morgan fingerprint density at radius 1 is 0.857 bits per heavy atom. The summed E-state index contributed by atoms with van der Waals surface area (Å²) in [7, 11) is 0. The molecule has 1 rings (SSSR count). The van der Waals surface area contributed by atoms with Crippen LogP contribution in [-0.2, 0) is 9.59 Å². The molecule has 14 heavy (non-hydrogen) atoms. The summed E-state index contributed by atoms with van der Waals surface area (Å²) >= 11 is 0. The van der Waals surface area contributed by atoms with E-state index in [1.54, 1.807) is 13.8 Å². The van der Waals surface area contributed by atoms with Crippen LogP contribution in [0.4, 0.5) is 0 Å². The summed E-state index contributed by atoms with van der Waals surface area (Å²) in [6.07, 6.45) is 4.04. The van der Waals surface area contributed by atoms with Gasteiger partial charge in [-0.2, -0.15) is 0 Å². The number of rotatable bonds is 2. The molecule has 1 fully saturated rings. The lowest BCUT2D eigenvalue weighted by Crippen LogP contribution is -2.30. The van der Waals surface area contributed by atoms with Crippen LogP contribution in [0.15, 0.2) is 0 Å². The Kier molecular flexibility index (Phi) is 6.43. The van der Waals surface area contributed by atoms with Crippen LogP contribution in [0.2, 0.25) is 0 Å². The SMILES string of the molecule is CC.CC(=O)C1CCCCC1C(C)=O. The molecule has 0 N–H and O–H groups in total. The van der Waals surface area contributed by atoms with E-state index < -0.39 is 0 Å². The lowest BCUT2D eigenvalue weighted by atomic mass is 9.75. The molecule has 2 unspecified atom stereocenters. The van der Waals surface area contributed by atoms with Crippen LogP contribution < -0.4 is 0 Å². The smallest absolute Gasteiger partial charge is 0.133 e. The molecule has 0 heterocycles. The van der Waals surface area contributed by atoms with Crippen molar-refractivity contribution in [2.45, 2.75) is 53.4 Å². The van der Waals surface area contributed by atoms with E-state index in [4.69, 9.17) is 0 Å². The van der Waals surface area contributed by atoms with E-state index in [1.165, 1.54) is 0 Å². The van der Waals surface area contributed by atoms with Crippen molar-refractivity contribution in [3.63, 3.8) is 0 Å². The molecule has 0 saturated heterocycles. The molecule has 0 aromatic carbocycles. The van der Waals surface area contributed by atoms with Gasteiger partial charge in [-0.3, -0.25) is 9.59 Å². The standard InChI is InChI=1S/C10H16O2.C2H6/c1-7(11)9-5-3-4-6-10(9)8(2)12;1-2/h9-10H,3-6H2,1-2H3;1-2H3. The minimum atomic E-state index is 0.0243. The molecule has 82 valence electrons. The molecule has 0 aromatic heterocycles. The Hall–Kier alpha value is -0.660. The van der Waals surface area contributed by atoms with Crippen molar-refractivity contribution in [3.8, 4) is 0 Å². The van der Waals surface area contributed by atoms with Gasteiger partial charge in [0, 0.05) is 11.8 Å². The lowest BCUT2D eigenvalue weighted by Gasteiger charge is -2.27. The molecule has 0 aliphatic heterocycles. The van der Waals surface area contributed by atoms with Gasteiger partial charge in [-0.25, -0.2) is 0 Å². The first-order valence-electron chi connectivity index (χ1n) is 5.64. The monoisotopic (exact) mass is 198 g/mol. The van der Waals surface area contributed by atoms with Crippen molar-refractivity contribution in [3.05, 3.63) is 0 Å². The molecule has 2 heteroatoms. The highest BCUT2D eigenvalue weighted by Crippen LogP contribution is 2.31. The maximum absolute atomic E-state index is 11.2. The second-order valence-corrected chi connectivity index (χ2v) is 3.72. The average Bonchev–Trinajstić information content (AvgIpc) is 2.20. The number of ketones is 2. The molecule has 1 saturated carbocycles. The molecule has 1 aliphatic rings. The maximum atomic E-state index is 11.2. The van der Waals surface area contributed by atoms with E-state index >= 15 is 0 Å². The maximum Gasteiger partial charge on any atom is 0.133 e. The van der Waals surface area contributed by atoms with Gasteiger partial charge in [0.05, 0.1) is 0 Å². The third kappa shape index (κ3) is 3.60. The fraction of sp³-hybridized carbons (Fsp3) is 0.833. The number of hydrogen-bond donors (Lipinski definition) is 0. The van der Waals surface area contributed by atoms with E-state index in [9.17, 15) is 9.59 Å². The van der Waals surface area contributed by atoms with Crippen molar-refractivity contribution in [1.29, 1.82) is 0 Å². The molecular weight excluding hydrogens is 176 g/mol. The Morgan fingerprint density at radius 2 is 1.14 bits per heavy atom. The fourth-order valence-corrected chi connectivity index (χ4v) is 2.10. The van der Waals surface area contributed by atoms with Crippen LogP contribution in [0.1, 0.15) is 53.4 Å². The van der Waals surface area contributed by atoms with Crippen LogP contribution in [0, 0.1) is 11.8 Å². The zero-order valence-corrected chi connectivity index (χ0v) is 9.80. The fourth-order valence-electron chi connectivity index (χ4n) is 2.10. The number of Topliss-reactive ketones (excluding diaryl/α,β-unsaturated/α-hetero) is 2. The summed E-state index contributed by atoms with van der Waals surface area (Å²) in [5.41, 5.74) is 0. The van der Waals surface area contributed by atoms with E-state index in [1.807, 2.05) is 13.8 Å². The molecule has 0 aromatic rings. The largest absolute Gasteiger partial charge is 0.300 e. The Labute approximate surface area is 87.1 Å². The molecule has 2 atom stereocenters. The second kappa shape index (κ2) is 6.74. The molecule has 0 bridgehead atoms. The van der Waals surface area contributed by atoms with E-state index in [0.29, 0.717) is 0 Å². The van der Waals surface area contributed by atoms with Crippen molar-refractivity contribution in [2.75, 3.05) is 0 Å². The van der Waals surface area contributed by atoms with Crippen LogP contribution in [0.25, 0.3) is 0 Å². The predicted molar refractivity (Wildman–Crippen MR) is 58.2 cm³/mol. The van der Waals surface area contributed by atoms with Crippen LogP contribution in [0.5, 0.6) is 0 Å². The van der Waals surface area contributed by atoms with Gasteiger partial charge >= 0.3 is 0 Å². The summed E-state index contributed by atoms with van der Waals surface area (Å²) in [4.78, 5) is 22.3. The average molecular weight is 198 g/mol. The number of carbonyl (C=O) groups excluding carboxylic acids is 2. The van der Waals surface area contributed by atoms with E-state index in [2.05, 4.69) is 0 Å². The number of carbonyl (C=O) groups is 2. The third-order valence-corrected chi connectivity index (χ3v) is 2.81. The van der Waals surface area contributed by atoms with Crippen molar-refractivity contribution in [2.24, 2.45) is 11.8 Å². The lowest BCUT2D eigenvalue weighted by molar-refractivity contribution is -0.131. The normalized spacial score (nSPS) is 26.0. The van der Waals surface area contributed by atoms with Gasteiger partial charge in [-0.1, -0.05) is 26.7 Å². The molecule has 0 amide bonds. The summed E-state index contributed by atoms with van der Waals surface area (Å²) in [6.45, 7) is 7.21. The first kappa shape index (κ1) is 13.3. The summed E-state index contributed by atoms with van der Waals surface area (Å²) in [5.74, 6) is 0.428. The van der Waals surface area contributed by atoms with Gasteiger partial charge in [0.2, 0.25) is 0 Å². The summed E-state index contributed by atoms with van der Waals surface area (Å²) < 4.78 is 0. The van der Waals surface area contributed by atoms with Gasteiger partial charge in [0.15, 0.2) is 0 Å². The zero-order valence-electron chi connectivity index (χ0n) is 9.80. The topological polar surface area (TPSA) is 34.1 Å². The van der Waals surface area contributed by atoms with Crippen molar-refractivity contribution >= 4 is 11.6 Å². The highest BCUT2D eigenvalue weighted by Gasteiger charge is 2.31. The first-order chi connectivity index (χ1) is 6.63. The third-order valence-electron chi connectivity index (χ3n) is 2.81. The Morgan fingerprint density at radius 3 is 1.36 bits per heavy atom. The minimum absolute atomic E-state index is 0.0243. The summed E-state index contributed by atoms with van der Waals surface area (Å²) in [5, 5.41) is 0. The van der Waals surface area contributed by atoms with E-state index in [0.717, 1.165) is 25.7 Å².